The lowest BCUT2D eigenvalue weighted by Crippen LogP contribution is -2.54. The van der Waals surface area contributed by atoms with Crippen LogP contribution in [0.25, 0.3) is 6.08 Å². The second-order valence-electron chi connectivity index (χ2n) is 5.44. The average Bonchev–Trinajstić information content (AvgIpc) is 2.56. The second kappa shape index (κ2) is 6.82. The highest BCUT2D eigenvalue weighted by Gasteiger charge is 2.37. The van der Waals surface area contributed by atoms with Gasteiger partial charge in [0, 0.05) is 9.50 Å². The van der Waals surface area contributed by atoms with Crippen molar-refractivity contribution in [1.29, 1.82) is 0 Å². The van der Waals surface area contributed by atoms with Crippen molar-refractivity contribution in [3.63, 3.8) is 0 Å². The first kappa shape index (κ1) is 17.4. The molecule has 1 aliphatic rings. The number of rotatable bonds is 2. The topological polar surface area (TPSA) is 66.5 Å². The maximum Gasteiger partial charge on any atom is 0.335 e. The monoisotopic (exact) mass is 418 g/mol. The highest BCUT2D eigenvalue weighted by atomic mass is 79.9. The van der Waals surface area contributed by atoms with Gasteiger partial charge in [0.15, 0.2) is 0 Å². The minimum absolute atomic E-state index is 0.124. The summed E-state index contributed by atoms with van der Waals surface area (Å²) in [6.45, 7) is 1.75. The minimum Gasteiger partial charge on any atom is -0.273 e. The molecule has 0 aromatic heterocycles. The molecule has 0 radical (unpaired) electrons. The van der Waals surface area contributed by atoms with E-state index in [-0.39, 0.29) is 5.57 Å². The van der Waals surface area contributed by atoms with Crippen LogP contribution in [0.15, 0.2) is 52.5 Å². The lowest BCUT2D eigenvalue weighted by molar-refractivity contribution is -0.122. The summed E-state index contributed by atoms with van der Waals surface area (Å²) in [7, 11) is 0. The summed E-state index contributed by atoms with van der Waals surface area (Å²) in [6.07, 6.45) is 1.45. The number of aryl methyl sites for hydroxylation is 1. The molecular formula is C18H12BrClN2O3. The van der Waals surface area contributed by atoms with Crippen LogP contribution in [0.1, 0.15) is 11.1 Å². The Morgan fingerprint density at radius 3 is 2.44 bits per heavy atom. The third kappa shape index (κ3) is 3.50. The standard InChI is InChI=1S/C18H12BrClN2O3/c1-10-2-7-13(20)9-15(10)22-17(24)14(16(23)21-18(22)25)8-11-3-5-12(19)6-4-11/h2-9H,1H3,(H,21,23,25)/b14-8+. The lowest BCUT2D eigenvalue weighted by atomic mass is 10.1. The number of nitrogens with one attached hydrogen (secondary N) is 1. The predicted octanol–water partition coefficient (Wildman–Crippen LogP) is 4.08. The van der Waals surface area contributed by atoms with Gasteiger partial charge in [-0.05, 0) is 48.4 Å². The average molecular weight is 420 g/mol. The summed E-state index contributed by atoms with van der Waals surface area (Å²) in [6, 6.07) is 11.2. The van der Waals surface area contributed by atoms with Crippen molar-refractivity contribution >= 4 is 57.1 Å². The fourth-order valence-electron chi connectivity index (χ4n) is 2.43. The number of nitrogens with zero attached hydrogens (tertiary/aromatic N) is 1. The van der Waals surface area contributed by atoms with Crippen LogP contribution in [0.4, 0.5) is 10.5 Å². The Morgan fingerprint density at radius 1 is 1.08 bits per heavy atom. The summed E-state index contributed by atoms with van der Waals surface area (Å²) >= 11 is 9.31. The molecule has 25 heavy (non-hydrogen) atoms. The molecule has 1 aliphatic heterocycles. The Morgan fingerprint density at radius 2 is 1.76 bits per heavy atom. The fourth-order valence-corrected chi connectivity index (χ4v) is 2.86. The van der Waals surface area contributed by atoms with Gasteiger partial charge in [-0.3, -0.25) is 14.9 Å². The summed E-state index contributed by atoms with van der Waals surface area (Å²) in [5.41, 5.74) is 1.56. The Hall–Kier alpha value is -2.44. The number of barbiturate groups is 1. The summed E-state index contributed by atoms with van der Waals surface area (Å²) < 4.78 is 0.875. The first-order valence-electron chi connectivity index (χ1n) is 7.30. The van der Waals surface area contributed by atoms with Gasteiger partial charge in [0.25, 0.3) is 11.8 Å². The predicted molar refractivity (Wildman–Crippen MR) is 99.3 cm³/mol. The summed E-state index contributed by atoms with van der Waals surface area (Å²) in [5, 5.41) is 2.58. The third-order valence-corrected chi connectivity index (χ3v) is 4.46. The molecule has 1 saturated heterocycles. The number of hydrogen-bond acceptors (Lipinski definition) is 3. The van der Waals surface area contributed by atoms with Crippen LogP contribution in [0.2, 0.25) is 5.02 Å². The Kier molecular flexibility index (Phi) is 4.74. The SMILES string of the molecule is Cc1ccc(Cl)cc1N1C(=O)NC(=O)/C(=C\c2ccc(Br)cc2)C1=O. The first-order chi connectivity index (χ1) is 11.9. The van der Waals surface area contributed by atoms with Crippen LogP contribution < -0.4 is 10.2 Å². The van der Waals surface area contributed by atoms with Gasteiger partial charge in [0.1, 0.15) is 5.57 Å². The number of benzene rings is 2. The largest absolute Gasteiger partial charge is 0.335 e. The zero-order chi connectivity index (χ0) is 18.1. The van der Waals surface area contributed by atoms with E-state index >= 15 is 0 Å². The van der Waals surface area contributed by atoms with Crippen molar-refractivity contribution in [2.24, 2.45) is 0 Å². The number of anilines is 1. The molecule has 2 aromatic rings. The number of halogens is 2. The molecule has 1 heterocycles. The van der Waals surface area contributed by atoms with Crippen molar-refractivity contribution in [2.75, 3.05) is 4.90 Å². The smallest absolute Gasteiger partial charge is 0.273 e. The Labute approximate surface area is 157 Å². The first-order valence-corrected chi connectivity index (χ1v) is 8.47. The molecule has 0 bridgehead atoms. The highest BCUT2D eigenvalue weighted by molar-refractivity contribution is 9.10. The van der Waals surface area contributed by atoms with E-state index in [1.807, 2.05) is 0 Å². The Balaban J connectivity index is 2.05. The van der Waals surface area contributed by atoms with E-state index in [2.05, 4.69) is 21.2 Å². The van der Waals surface area contributed by atoms with Gasteiger partial charge in [-0.2, -0.15) is 0 Å². The van der Waals surface area contributed by atoms with Gasteiger partial charge in [0.2, 0.25) is 0 Å². The van der Waals surface area contributed by atoms with Crippen molar-refractivity contribution in [2.45, 2.75) is 6.92 Å². The number of imide groups is 2. The molecule has 0 aliphatic carbocycles. The molecule has 1 N–H and O–H groups in total. The van der Waals surface area contributed by atoms with E-state index in [4.69, 9.17) is 11.6 Å². The van der Waals surface area contributed by atoms with Crippen LogP contribution in [0, 0.1) is 6.92 Å². The normalized spacial score (nSPS) is 16.4. The third-order valence-electron chi connectivity index (χ3n) is 3.69. The molecule has 0 saturated carbocycles. The maximum absolute atomic E-state index is 12.8. The number of carbonyl (C=O) groups is 3. The van der Waals surface area contributed by atoms with Gasteiger partial charge >= 0.3 is 6.03 Å². The minimum atomic E-state index is -0.798. The maximum atomic E-state index is 12.8. The van der Waals surface area contributed by atoms with Crippen molar-refractivity contribution in [3.8, 4) is 0 Å². The van der Waals surface area contributed by atoms with Crippen LogP contribution in [-0.2, 0) is 9.59 Å². The molecule has 0 atom stereocenters. The Bertz CT molecular complexity index is 922. The molecule has 126 valence electrons. The van der Waals surface area contributed by atoms with Crippen LogP contribution in [0.5, 0.6) is 0 Å². The molecule has 0 spiro atoms. The summed E-state index contributed by atoms with van der Waals surface area (Å²) in [4.78, 5) is 38.1. The van der Waals surface area contributed by atoms with E-state index in [0.29, 0.717) is 21.8 Å². The van der Waals surface area contributed by atoms with Gasteiger partial charge < -0.3 is 0 Å². The van der Waals surface area contributed by atoms with Gasteiger partial charge in [0.05, 0.1) is 5.69 Å². The van der Waals surface area contributed by atoms with Crippen molar-refractivity contribution < 1.29 is 14.4 Å². The van der Waals surface area contributed by atoms with E-state index in [9.17, 15) is 14.4 Å². The van der Waals surface area contributed by atoms with Crippen molar-refractivity contribution in [3.05, 3.63) is 68.7 Å². The van der Waals surface area contributed by atoms with Crippen LogP contribution >= 0.6 is 27.5 Å². The molecule has 1 fully saturated rings. The van der Waals surface area contributed by atoms with Gasteiger partial charge in [-0.15, -0.1) is 0 Å². The van der Waals surface area contributed by atoms with Crippen LogP contribution in [0.3, 0.4) is 0 Å². The quantitative estimate of drug-likeness (QED) is 0.589. The second-order valence-corrected chi connectivity index (χ2v) is 6.79. The summed E-state index contributed by atoms with van der Waals surface area (Å²) in [5.74, 6) is -1.42. The molecular weight excluding hydrogens is 408 g/mol. The zero-order valence-corrected chi connectivity index (χ0v) is 15.4. The molecule has 4 amide bonds. The number of carbonyl (C=O) groups excluding carboxylic acids is 3. The van der Waals surface area contributed by atoms with E-state index in [1.54, 1.807) is 43.3 Å². The van der Waals surface area contributed by atoms with E-state index in [1.165, 1.54) is 12.1 Å². The van der Waals surface area contributed by atoms with Gasteiger partial charge in [-0.25, -0.2) is 9.69 Å². The molecule has 2 aromatic carbocycles. The fraction of sp³-hybridized carbons (Fsp3) is 0.0556. The number of urea groups is 1. The number of hydrogen-bond donors (Lipinski definition) is 1. The molecule has 7 heteroatoms. The lowest BCUT2D eigenvalue weighted by Gasteiger charge is -2.27. The van der Waals surface area contributed by atoms with E-state index < -0.39 is 17.8 Å². The van der Waals surface area contributed by atoms with Crippen molar-refractivity contribution in [1.82, 2.24) is 5.32 Å². The van der Waals surface area contributed by atoms with Crippen LogP contribution in [-0.4, -0.2) is 17.8 Å². The number of amides is 4. The molecule has 3 rings (SSSR count). The van der Waals surface area contributed by atoms with E-state index in [0.717, 1.165) is 9.37 Å². The van der Waals surface area contributed by atoms with Gasteiger partial charge in [-0.1, -0.05) is 45.7 Å². The molecule has 0 unspecified atom stereocenters. The zero-order valence-electron chi connectivity index (χ0n) is 13.0. The molecule has 5 nitrogen and oxygen atoms in total. The highest BCUT2D eigenvalue weighted by Crippen LogP contribution is 2.28.